The van der Waals surface area contributed by atoms with Crippen molar-refractivity contribution in [3.05, 3.63) is 35.4 Å². The lowest BCUT2D eigenvalue weighted by Crippen LogP contribution is -2.35. The molecule has 1 atom stereocenters. The van der Waals surface area contributed by atoms with Crippen LogP contribution in [-0.4, -0.2) is 54.3 Å². The molecule has 0 aromatic heterocycles. The smallest absolute Gasteiger partial charge is 0.356 e. The van der Waals surface area contributed by atoms with Crippen molar-refractivity contribution in [3.63, 3.8) is 0 Å². The van der Waals surface area contributed by atoms with Crippen molar-refractivity contribution < 1.29 is 22.8 Å². The maximum atomic E-state index is 12.8. The topological polar surface area (TPSA) is 52.7 Å². The summed E-state index contributed by atoms with van der Waals surface area (Å²) in [5.41, 5.74) is -0.331. The van der Waals surface area contributed by atoms with Gasteiger partial charge in [0, 0.05) is 26.1 Å². The molecule has 1 unspecified atom stereocenters. The maximum Gasteiger partial charge on any atom is 0.416 e. The molecule has 8 heteroatoms. The summed E-state index contributed by atoms with van der Waals surface area (Å²) in [7, 11) is 0. The van der Waals surface area contributed by atoms with E-state index in [9.17, 15) is 22.8 Å². The molecule has 1 aliphatic heterocycles. The van der Waals surface area contributed by atoms with Crippen LogP contribution in [0.3, 0.4) is 0 Å². The monoisotopic (exact) mass is 399 g/mol. The van der Waals surface area contributed by atoms with E-state index in [1.807, 2.05) is 0 Å². The van der Waals surface area contributed by atoms with Crippen LogP contribution in [0.25, 0.3) is 0 Å². The van der Waals surface area contributed by atoms with Gasteiger partial charge >= 0.3 is 6.18 Å². The summed E-state index contributed by atoms with van der Waals surface area (Å²) in [5, 5.41) is 2.87. The molecule has 0 radical (unpaired) electrons. The third-order valence-electron chi connectivity index (χ3n) is 5.06. The summed E-state index contributed by atoms with van der Waals surface area (Å²) < 4.78 is 38.5. The fourth-order valence-corrected chi connectivity index (χ4v) is 3.37. The van der Waals surface area contributed by atoms with E-state index in [0.29, 0.717) is 12.1 Å². The number of hydrogen-bond acceptors (Lipinski definition) is 3. The van der Waals surface area contributed by atoms with Crippen LogP contribution in [-0.2, 0) is 22.3 Å². The van der Waals surface area contributed by atoms with Crippen molar-refractivity contribution in [3.8, 4) is 0 Å². The molecule has 5 nitrogen and oxygen atoms in total. The van der Waals surface area contributed by atoms with Gasteiger partial charge in [-0.05, 0) is 43.8 Å². The highest BCUT2D eigenvalue weighted by molar-refractivity contribution is 5.89. The molecule has 156 valence electrons. The standard InChI is InChI=1S/C20H28F3N3O2/c1-3-25(4-2)10-6-9-24-19(28)16-12-18(27)26(14-16)13-15-7-5-8-17(11-15)20(21,22)23/h5,7-8,11,16H,3-4,6,9-10,12-14H2,1-2H3,(H,24,28). The van der Waals surface area contributed by atoms with Crippen molar-refractivity contribution in [2.24, 2.45) is 5.92 Å². The van der Waals surface area contributed by atoms with E-state index in [-0.39, 0.29) is 31.3 Å². The Kier molecular flexibility index (Phi) is 7.86. The molecule has 1 fully saturated rings. The summed E-state index contributed by atoms with van der Waals surface area (Å²) in [6.45, 7) is 7.87. The first-order chi connectivity index (χ1) is 13.2. The fourth-order valence-electron chi connectivity index (χ4n) is 3.37. The van der Waals surface area contributed by atoms with Gasteiger partial charge in [-0.3, -0.25) is 9.59 Å². The number of alkyl halides is 3. The van der Waals surface area contributed by atoms with Crippen LogP contribution in [0, 0.1) is 5.92 Å². The van der Waals surface area contributed by atoms with Crippen molar-refractivity contribution in [1.29, 1.82) is 0 Å². The Morgan fingerprint density at radius 3 is 2.64 bits per heavy atom. The third kappa shape index (κ3) is 6.22. The second kappa shape index (κ2) is 9.91. The van der Waals surface area contributed by atoms with Gasteiger partial charge in [-0.2, -0.15) is 13.2 Å². The summed E-state index contributed by atoms with van der Waals surface area (Å²) in [5.74, 6) is -0.827. The molecule has 1 aromatic carbocycles. The SMILES string of the molecule is CCN(CC)CCCNC(=O)C1CC(=O)N(Cc2cccc(C(F)(F)F)c2)C1. The summed E-state index contributed by atoms with van der Waals surface area (Å²) >= 11 is 0. The Bertz CT molecular complexity index is 675. The quantitative estimate of drug-likeness (QED) is 0.650. The Labute approximate surface area is 163 Å². The largest absolute Gasteiger partial charge is 0.416 e. The highest BCUT2D eigenvalue weighted by Gasteiger charge is 2.35. The van der Waals surface area contributed by atoms with Gasteiger partial charge in [0.15, 0.2) is 0 Å². The van der Waals surface area contributed by atoms with Crippen molar-refractivity contribution in [1.82, 2.24) is 15.1 Å². The lowest BCUT2D eigenvalue weighted by atomic mass is 10.1. The number of amides is 2. The highest BCUT2D eigenvalue weighted by atomic mass is 19.4. The Morgan fingerprint density at radius 2 is 2.00 bits per heavy atom. The number of halogens is 3. The lowest BCUT2D eigenvalue weighted by Gasteiger charge is -2.19. The van der Waals surface area contributed by atoms with E-state index in [0.717, 1.165) is 38.2 Å². The summed E-state index contributed by atoms with van der Waals surface area (Å²) in [4.78, 5) is 28.2. The van der Waals surface area contributed by atoms with Crippen molar-refractivity contribution >= 4 is 11.8 Å². The second-order valence-electron chi connectivity index (χ2n) is 7.04. The predicted octanol–water partition coefficient (Wildman–Crippen LogP) is 2.90. The van der Waals surface area contributed by atoms with Crippen LogP contribution in [0.4, 0.5) is 13.2 Å². The normalized spacial score (nSPS) is 17.4. The van der Waals surface area contributed by atoms with E-state index in [4.69, 9.17) is 0 Å². The van der Waals surface area contributed by atoms with Crippen LogP contribution in [0.1, 0.15) is 37.8 Å². The zero-order valence-corrected chi connectivity index (χ0v) is 16.4. The van der Waals surface area contributed by atoms with Crippen molar-refractivity contribution in [2.45, 2.75) is 39.4 Å². The Balaban J connectivity index is 1.84. The second-order valence-corrected chi connectivity index (χ2v) is 7.04. The number of carbonyl (C=O) groups excluding carboxylic acids is 2. The lowest BCUT2D eigenvalue weighted by molar-refractivity contribution is -0.137. The average molecular weight is 399 g/mol. The van der Waals surface area contributed by atoms with Crippen LogP contribution < -0.4 is 5.32 Å². The molecule has 28 heavy (non-hydrogen) atoms. The van der Waals surface area contributed by atoms with Crippen LogP contribution in [0.2, 0.25) is 0 Å². The van der Waals surface area contributed by atoms with Gasteiger partial charge in [0.25, 0.3) is 0 Å². The molecule has 1 N–H and O–H groups in total. The molecule has 0 spiro atoms. The molecule has 0 bridgehead atoms. The van der Waals surface area contributed by atoms with Crippen LogP contribution in [0.15, 0.2) is 24.3 Å². The zero-order valence-electron chi connectivity index (χ0n) is 16.4. The minimum Gasteiger partial charge on any atom is -0.356 e. The van der Waals surface area contributed by atoms with Gasteiger partial charge in [0.05, 0.1) is 11.5 Å². The van der Waals surface area contributed by atoms with E-state index in [1.165, 1.54) is 11.0 Å². The van der Waals surface area contributed by atoms with E-state index < -0.39 is 17.7 Å². The number of rotatable bonds is 9. The minimum absolute atomic E-state index is 0.0779. The molecule has 0 saturated carbocycles. The first kappa shape index (κ1) is 22.2. The molecular weight excluding hydrogens is 371 g/mol. The molecule has 0 aliphatic carbocycles. The molecular formula is C20H28F3N3O2. The van der Waals surface area contributed by atoms with Crippen LogP contribution in [0.5, 0.6) is 0 Å². The summed E-state index contributed by atoms with van der Waals surface area (Å²) in [6, 6.07) is 4.94. The first-order valence-electron chi connectivity index (χ1n) is 9.68. The van der Waals surface area contributed by atoms with Gasteiger partial charge in [-0.25, -0.2) is 0 Å². The van der Waals surface area contributed by atoms with Gasteiger partial charge in [0.1, 0.15) is 0 Å². The maximum absolute atomic E-state index is 12.8. The minimum atomic E-state index is -4.42. The molecule has 1 saturated heterocycles. The van der Waals surface area contributed by atoms with Gasteiger partial charge in [0.2, 0.25) is 11.8 Å². The van der Waals surface area contributed by atoms with Gasteiger partial charge < -0.3 is 15.1 Å². The fraction of sp³-hybridized carbons (Fsp3) is 0.600. The third-order valence-corrected chi connectivity index (χ3v) is 5.06. The number of benzene rings is 1. The average Bonchev–Trinajstić information content (AvgIpc) is 3.02. The van der Waals surface area contributed by atoms with Crippen molar-refractivity contribution in [2.75, 3.05) is 32.7 Å². The van der Waals surface area contributed by atoms with E-state index in [2.05, 4.69) is 24.1 Å². The molecule has 1 aromatic rings. The molecule has 1 heterocycles. The van der Waals surface area contributed by atoms with E-state index in [1.54, 1.807) is 6.07 Å². The molecule has 1 aliphatic rings. The Morgan fingerprint density at radius 1 is 1.29 bits per heavy atom. The first-order valence-corrected chi connectivity index (χ1v) is 9.68. The van der Waals surface area contributed by atoms with Gasteiger partial charge in [-0.15, -0.1) is 0 Å². The van der Waals surface area contributed by atoms with E-state index >= 15 is 0 Å². The number of nitrogens with zero attached hydrogens (tertiary/aromatic N) is 2. The summed E-state index contributed by atoms with van der Waals surface area (Å²) in [6.07, 6.45) is -3.48. The molecule has 2 rings (SSSR count). The Hall–Kier alpha value is -2.09. The number of nitrogens with one attached hydrogen (secondary N) is 1. The zero-order chi connectivity index (χ0) is 20.7. The highest BCUT2D eigenvalue weighted by Crippen LogP contribution is 2.30. The number of carbonyl (C=O) groups is 2. The number of likely N-dealkylation sites (tertiary alicyclic amines) is 1. The predicted molar refractivity (Wildman–Crippen MR) is 100 cm³/mol. The van der Waals surface area contributed by atoms with Gasteiger partial charge in [-0.1, -0.05) is 26.0 Å². The van der Waals surface area contributed by atoms with Crippen LogP contribution >= 0.6 is 0 Å². The number of hydrogen-bond donors (Lipinski definition) is 1. The molecule has 2 amide bonds.